The van der Waals surface area contributed by atoms with Crippen LogP contribution in [0.2, 0.25) is 5.02 Å². The van der Waals surface area contributed by atoms with Gasteiger partial charge in [-0.05, 0) is 31.0 Å². The Morgan fingerprint density at radius 3 is 2.48 bits per heavy atom. The van der Waals surface area contributed by atoms with Gasteiger partial charge in [-0.2, -0.15) is 8.42 Å². The van der Waals surface area contributed by atoms with Crippen molar-refractivity contribution < 1.29 is 17.4 Å². The first-order chi connectivity index (χ1) is 11.5. The molecule has 8 heteroatoms. The Kier molecular flexibility index (Phi) is 8.25. The third-order valence-electron chi connectivity index (χ3n) is 3.03. The van der Waals surface area contributed by atoms with Crippen molar-refractivity contribution in [2.45, 2.75) is 32.7 Å². The summed E-state index contributed by atoms with van der Waals surface area (Å²) < 4.78 is 27.9. The average Bonchev–Trinajstić information content (AvgIpc) is 2.45. The van der Waals surface area contributed by atoms with Crippen LogP contribution in [0.3, 0.4) is 0 Å². The summed E-state index contributed by atoms with van der Waals surface area (Å²) in [5.41, 5.74) is 0.513. The van der Waals surface area contributed by atoms with Crippen molar-refractivity contribution in [1.29, 1.82) is 0 Å². The lowest BCUT2D eigenvalue weighted by atomic mass is 10.1. The molecule has 0 spiro atoms. The van der Waals surface area contributed by atoms with Gasteiger partial charge in [0.1, 0.15) is 5.75 Å². The van der Waals surface area contributed by atoms with Gasteiger partial charge in [0, 0.05) is 35.1 Å². The summed E-state index contributed by atoms with van der Waals surface area (Å²) in [5.74, 6) is 0.166. The van der Waals surface area contributed by atoms with Gasteiger partial charge in [0.05, 0.1) is 6.26 Å². The normalized spacial score (nSPS) is 13.2. The first-order valence-electron chi connectivity index (χ1n) is 7.77. The van der Waals surface area contributed by atoms with Crippen molar-refractivity contribution in [1.82, 2.24) is 4.90 Å². The molecular formula is C17H23Cl2NO4S. The zero-order valence-electron chi connectivity index (χ0n) is 14.7. The number of rotatable bonds is 8. The monoisotopic (exact) mass is 407 g/mol. The number of alkyl halides is 1. The van der Waals surface area contributed by atoms with Crippen molar-refractivity contribution >= 4 is 39.2 Å². The Balaban J connectivity index is 3.14. The minimum Gasteiger partial charge on any atom is -0.382 e. The van der Waals surface area contributed by atoms with Crippen LogP contribution in [-0.2, 0) is 21.5 Å². The van der Waals surface area contributed by atoms with E-state index in [1.807, 2.05) is 13.8 Å². The summed E-state index contributed by atoms with van der Waals surface area (Å²) in [7, 11) is -3.69. The van der Waals surface area contributed by atoms with E-state index < -0.39 is 10.1 Å². The highest BCUT2D eigenvalue weighted by atomic mass is 35.5. The van der Waals surface area contributed by atoms with Gasteiger partial charge in [0.2, 0.25) is 5.91 Å². The van der Waals surface area contributed by atoms with Crippen molar-refractivity contribution in [3.63, 3.8) is 0 Å². The van der Waals surface area contributed by atoms with Crippen LogP contribution >= 0.6 is 23.2 Å². The maximum atomic E-state index is 12.5. The fraction of sp³-hybridized carbons (Fsp3) is 0.471. The van der Waals surface area contributed by atoms with Crippen molar-refractivity contribution in [3.05, 3.63) is 40.9 Å². The van der Waals surface area contributed by atoms with Gasteiger partial charge in [-0.3, -0.25) is 4.79 Å². The lowest BCUT2D eigenvalue weighted by Gasteiger charge is -2.24. The number of allylic oxidation sites excluding steroid dienone is 1. The maximum absolute atomic E-state index is 12.5. The Morgan fingerprint density at radius 1 is 1.32 bits per heavy atom. The van der Waals surface area contributed by atoms with Crippen LogP contribution in [-0.4, -0.2) is 37.4 Å². The van der Waals surface area contributed by atoms with Crippen molar-refractivity contribution in [2.75, 3.05) is 12.8 Å². The molecule has 0 N–H and O–H groups in total. The molecule has 5 nitrogen and oxygen atoms in total. The first-order valence-corrected chi connectivity index (χ1v) is 10.4. The SMILES string of the molecule is CC(Cl)/C=C/C(=O)N(Cc1cc(Cl)ccc1OS(C)(=O)=O)CC(C)C. The number of carbonyl (C=O) groups excluding carboxylic acids is 1. The second-order valence-corrected chi connectivity index (χ2v) is 8.89. The lowest BCUT2D eigenvalue weighted by molar-refractivity contribution is -0.127. The van der Waals surface area contributed by atoms with Crippen LogP contribution in [0.5, 0.6) is 5.75 Å². The Morgan fingerprint density at radius 2 is 1.96 bits per heavy atom. The summed E-state index contributed by atoms with van der Waals surface area (Å²) >= 11 is 11.9. The quantitative estimate of drug-likeness (QED) is 0.373. The van der Waals surface area contributed by atoms with Crippen LogP contribution in [0.25, 0.3) is 0 Å². The van der Waals surface area contributed by atoms with E-state index in [0.29, 0.717) is 17.1 Å². The zero-order valence-corrected chi connectivity index (χ0v) is 17.0. The molecule has 0 aliphatic rings. The minimum atomic E-state index is -3.69. The topological polar surface area (TPSA) is 63.7 Å². The van der Waals surface area contributed by atoms with Crippen LogP contribution in [0, 0.1) is 5.92 Å². The van der Waals surface area contributed by atoms with Gasteiger partial charge in [-0.15, -0.1) is 11.6 Å². The third kappa shape index (κ3) is 8.61. The predicted molar refractivity (Wildman–Crippen MR) is 102 cm³/mol. The minimum absolute atomic E-state index is 0.156. The molecule has 0 heterocycles. The van der Waals surface area contributed by atoms with Gasteiger partial charge in [-0.25, -0.2) is 0 Å². The van der Waals surface area contributed by atoms with E-state index in [4.69, 9.17) is 27.4 Å². The number of benzene rings is 1. The molecular weight excluding hydrogens is 385 g/mol. The smallest absolute Gasteiger partial charge is 0.306 e. The molecule has 0 aromatic heterocycles. The third-order valence-corrected chi connectivity index (χ3v) is 3.89. The number of carbonyl (C=O) groups is 1. The number of nitrogens with zero attached hydrogens (tertiary/aromatic N) is 1. The van der Waals surface area contributed by atoms with Gasteiger partial charge in [0.25, 0.3) is 0 Å². The molecule has 0 bridgehead atoms. The van der Waals surface area contributed by atoms with E-state index in [9.17, 15) is 13.2 Å². The molecule has 0 aliphatic carbocycles. The van der Waals surface area contributed by atoms with Gasteiger partial charge >= 0.3 is 10.1 Å². The summed E-state index contributed by atoms with van der Waals surface area (Å²) in [6, 6.07) is 4.61. The number of halogens is 2. The molecule has 25 heavy (non-hydrogen) atoms. The van der Waals surface area contributed by atoms with E-state index in [0.717, 1.165) is 6.26 Å². The van der Waals surface area contributed by atoms with E-state index in [-0.39, 0.29) is 29.5 Å². The predicted octanol–water partition coefficient (Wildman–Crippen LogP) is 3.85. The number of amides is 1. The summed E-state index contributed by atoms with van der Waals surface area (Å²) in [6.07, 6.45) is 3.98. The van der Waals surface area contributed by atoms with Crippen molar-refractivity contribution in [2.24, 2.45) is 5.92 Å². The highest BCUT2D eigenvalue weighted by Gasteiger charge is 2.18. The summed E-state index contributed by atoms with van der Waals surface area (Å²) in [4.78, 5) is 14.1. The maximum Gasteiger partial charge on any atom is 0.306 e. The van der Waals surface area contributed by atoms with Gasteiger partial charge in [-0.1, -0.05) is 31.5 Å². The fourth-order valence-corrected chi connectivity index (χ4v) is 2.87. The van der Waals surface area contributed by atoms with E-state index in [1.54, 1.807) is 24.0 Å². The highest BCUT2D eigenvalue weighted by Crippen LogP contribution is 2.26. The summed E-state index contributed by atoms with van der Waals surface area (Å²) in [5, 5.41) is 0.165. The molecule has 0 saturated heterocycles. The second-order valence-electron chi connectivity index (χ2n) is 6.19. The molecule has 0 radical (unpaired) electrons. The number of hydrogen-bond acceptors (Lipinski definition) is 4. The first kappa shape index (κ1) is 21.8. The standard InChI is InChI=1S/C17H23Cl2NO4S/c1-12(2)10-20(17(21)8-5-13(3)18)11-14-9-15(19)6-7-16(14)24-25(4,22)23/h5-9,12-13H,10-11H2,1-4H3/b8-5+. The largest absolute Gasteiger partial charge is 0.382 e. The molecule has 0 saturated carbocycles. The molecule has 1 unspecified atom stereocenters. The molecule has 1 rings (SSSR count). The molecule has 1 atom stereocenters. The Hall–Kier alpha value is -1.24. The fourth-order valence-electron chi connectivity index (χ4n) is 2.12. The second kappa shape index (κ2) is 9.46. The number of hydrogen-bond donors (Lipinski definition) is 0. The average molecular weight is 408 g/mol. The van der Waals surface area contributed by atoms with Crippen molar-refractivity contribution in [3.8, 4) is 5.75 Å². The van der Waals surface area contributed by atoms with Crippen LogP contribution in [0.1, 0.15) is 26.3 Å². The van der Waals surface area contributed by atoms with E-state index in [2.05, 4.69) is 0 Å². The van der Waals surface area contributed by atoms with Gasteiger partial charge < -0.3 is 9.08 Å². The van der Waals surface area contributed by atoms with Crippen LogP contribution < -0.4 is 4.18 Å². The van der Waals surface area contributed by atoms with Gasteiger partial charge in [0.15, 0.2) is 0 Å². The highest BCUT2D eigenvalue weighted by molar-refractivity contribution is 7.86. The van der Waals surface area contributed by atoms with E-state index >= 15 is 0 Å². The molecule has 0 aliphatic heterocycles. The van der Waals surface area contributed by atoms with Crippen LogP contribution in [0.4, 0.5) is 0 Å². The molecule has 140 valence electrons. The zero-order chi connectivity index (χ0) is 19.2. The Labute approximate surface area is 159 Å². The lowest BCUT2D eigenvalue weighted by Crippen LogP contribution is -2.32. The molecule has 1 amide bonds. The molecule has 0 fully saturated rings. The van der Waals surface area contributed by atoms with E-state index in [1.165, 1.54) is 18.2 Å². The molecule has 1 aromatic carbocycles. The Bertz CT molecular complexity index is 730. The molecule has 1 aromatic rings. The summed E-state index contributed by atoms with van der Waals surface area (Å²) in [6.45, 7) is 6.39. The van der Waals surface area contributed by atoms with Crippen LogP contribution in [0.15, 0.2) is 30.4 Å².